The third-order valence-corrected chi connectivity index (χ3v) is 3.20. The van der Waals surface area contributed by atoms with Crippen molar-refractivity contribution in [2.75, 3.05) is 0 Å². The quantitative estimate of drug-likeness (QED) is 0.629. The molecule has 0 N–H and O–H groups in total. The first kappa shape index (κ1) is 11.9. The minimum Gasteiger partial charge on any atom is -0.343 e. The third kappa shape index (κ3) is 1.90. The van der Waals surface area contributed by atoms with Gasteiger partial charge in [0.2, 0.25) is 6.39 Å². The van der Waals surface area contributed by atoms with Crippen molar-refractivity contribution in [1.82, 2.24) is 15.0 Å². The molecular weight excluding hydrogens is 270 g/mol. The Labute approximate surface area is 113 Å². The highest BCUT2D eigenvalue weighted by Gasteiger charge is 2.36. The van der Waals surface area contributed by atoms with Gasteiger partial charge in [0.1, 0.15) is 0 Å². The van der Waals surface area contributed by atoms with Crippen molar-refractivity contribution in [2.45, 2.75) is 12.4 Å². The van der Waals surface area contributed by atoms with Gasteiger partial charge in [0, 0.05) is 5.88 Å². The van der Waals surface area contributed by atoms with Crippen molar-refractivity contribution in [3.63, 3.8) is 0 Å². The largest absolute Gasteiger partial charge is 0.343 e. The van der Waals surface area contributed by atoms with Crippen molar-refractivity contribution in [3.05, 3.63) is 47.1 Å². The Kier molecular flexibility index (Phi) is 2.79. The van der Waals surface area contributed by atoms with Crippen LogP contribution in [-0.4, -0.2) is 26.9 Å². The molecule has 0 bridgehead atoms. The van der Waals surface area contributed by atoms with Crippen LogP contribution < -0.4 is 0 Å². The zero-order valence-electron chi connectivity index (χ0n) is 9.67. The third-order valence-electron chi connectivity index (χ3n) is 2.90. The number of hydrogen-bond acceptors (Lipinski definition) is 5. The van der Waals surface area contributed by atoms with Crippen molar-refractivity contribution >= 4 is 23.4 Å². The summed E-state index contributed by atoms with van der Waals surface area (Å²) in [5.74, 6) is -0.144. The summed E-state index contributed by atoms with van der Waals surface area (Å²) in [5.41, 5.74) is 1.54. The van der Waals surface area contributed by atoms with Gasteiger partial charge >= 0.3 is 0 Å². The summed E-state index contributed by atoms with van der Waals surface area (Å²) < 4.78 is 4.58. The van der Waals surface area contributed by atoms with E-state index < -0.39 is 0 Å². The molecule has 6 nitrogen and oxygen atoms in total. The summed E-state index contributed by atoms with van der Waals surface area (Å²) in [6, 6.07) is 4.98. The predicted molar refractivity (Wildman–Crippen MR) is 64.5 cm³/mol. The molecule has 0 radical (unpaired) electrons. The van der Waals surface area contributed by atoms with E-state index in [4.69, 9.17) is 11.6 Å². The van der Waals surface area contributed by atoms with Crippen LogP contribution in [0.5, 0.6) is 0 Å². The van der Waals surface area contributed by atoms with Crippen LogP contribution in [0.2, 0.25) is 0 Å². The fourth-order valence-corrected chi connectivity index (χ4v) is 2.13. The number of nitrogens with zero attached hydrogens (tertiary/aromatic N) is 3. The molecule has 7 heteroatoms. The fraction of sp³-hybridized carbons (Fsp3) is 0.167. The van der Waals surface area contributed by atoms with E-state index in [0.717, 1.165) is 16.9 Å². The molecule has 0 saturated heterocycles. The molecule has 0 fully saturated rings. The molecule has 96 valence electrons. The number of amides is 2. The van der Waals surface area contributed by atoms with Crippen LogP contribution in [-0.2, 0) is 12.4 Å². The van der Waals surface area contributed by atoms with Gasteiger partial charge in [-0.25, -0.2) is 0 Å². The van der Waals surface area contributed by atoms with E-state index >= 15 is 0 Å². The summed E-state index contributed by atoms with van der Waals surface area (Å²) in [7, 11) is 0. The Morgan fingerprint density at radius 2 is 2.00 bits per heavy atom. The molecule has 3 rings (SSSR count). The van der Waals surface area contributed by atoms with Crippen LogP contribution in [0.1, 0.15) is 32.1 Å². The van der Waals surface area contributed by atoms with Crippen LogP contribution in [0.25, 0.3) is 0 Å². The molecule has 1 aliphatic heterocycles. The number of hydrogen-bond donors (Lipinski definition) is 0. The molecule has 2 aromatic rings. The summed E-state index contributed by atoms with van der Waals surface area (Å²) >= 11 is 5.72. The van der Waals surface area contributed by atoms with E-state index in [1.54, 1.807) is 18.2 Å². The normalized spacial score (nSPS) is 14.1. The molecule has 1 aromatic heterocycles. The number of carbonyl (C=O) groups excluding carboxylic acids is 2. The highest BCUT2D eigenvalue weighted by atomic mass is 35.5. The van der Waals surface area contributed by atoms with Crippen LogP contribution in [0, 0.1) is 0 Å². The number of alkyl halides is 1. The number of aromatic nitrogens is 2. The summed E-state index contributed by atoms with van der Waals surface area (Å²) in [6.45, 7) is -0.000938. The van der Waals surface area contributed by atoms with Crippen LogP contribution in [0.3, 0.4) is 0 Å². The summed E-state index contributed by atoms with van der Waals surface area (Å²) in [5, 5.41) is 3.59. The Bertz CT molecular complexity index is 654. The SMILES string of the molecule is O=C1c2ccc(CCl)cc2C(=O)N1Cc1ncon1. The monoisotopic (exact) mass is 277 g/mol. The van der Waals surface area contributed by atoms with E-state index in [1.807, 2.05) is 0 Å². The van der Waals surface area contributed by atoms with E-state index in [9.17, 15) is 9.59 Å². The van der Waals surface area contributed by atoms with Gasteiger partial charge in [-0.1, -0.05) is 11.2 Å². The number of carbonyl (C=O) groups is 2. The lowest BCUT2D eigenvalue weighted by molar-refractivity contribution is 0.0637. The standard InChI is InChI=1S/C12H8ClN3O3/c13-4-7-1-2-8-9(3-7)12(18)16(11(8)17)5-10-14-6-19-15-10/h1-3,6H,4-5H2. The minimum absolute atomic E-state index is 0.000938. The molecule has 0 aliphatic carbocycles. The first-order chi connectivity index (χ1) is 9.20. The van der Waals surface area contributed by atoms with Gasteiger partial charge < -0.3 is 4.52 Å². The van der Waals surface area contributed by atoms with Gasteiger partial charge in [0.15, 0.2) is 5.82 Å². The van der Waals surface area contributed by atoms with E-state index in [-0.39, 0.29) is 24.2 Å². The lowest BCUT2D eigenvalue weighted by Gasteiger charge is -2.10. The molecule has 2 amide bonds. The second kappa shape index (κ2) is 4.47. The van der Waals surface area contributed by atoms with Gasteiger partial charge in [-0.15, -0.1) is 11.6 Å². The van der Waals surface area contributed by atoms with Crippen LogP contribution in [0.15, 0.2) is 29.1 Å². The van der Waals surface area contributed by atoms with Gasteiger partial charge in [-0.3, -0.25) is 14.5 Å². The smallest absolute Gasteiger partial charge is 0.261 e. The van der Waals surface area contributed by atoms with E-state index in [2.05, 4.69) is 14.7 Å². The summed E-state index contributed by atoms with van der Waals surface area (Å²) in [4.78, 5) is 29.2. The molecule has 2 heterocycles. The number of imide groups is 1. The number of rotatable bonds is 3. The average Bonchev–Trinajstić information content (AvgIpc) is 3.02. The molecule has 1 aliphatic rings. The van der Waals surface area contributed by atoms with E-state index in [1.165, 1.54) is 0 Å². The lowest BCUT2D eigenvalue weighted by Crippen LogP contribution is -2.29. The van der Waals surface area contributed by atoms with Gasteiger partial charge in [0.25, 0.3) is 11.8 Å². The Morgan fingerprint density at radius 3 is 2.68 bits per heavy atom. The topological polar surface area (TPSA) is 76.3 Å². The highest BCUT2D eigenvalue weighted by Crippen LogP contribution is 2.25. The van der Waals surface area contributed by atoms with Crippen LogP contribution >= 0.6 is 11.6 Å². The zero-order chi connectivity index (χ0) is 13.4. The molecule has 0 spiro atoms. The first-order valence-corrected chi connectivity index (χ1v) is 6.04. The Morgan fingerprint density at radius 1 is 1.21 bits per heavy atom. The first-order valence-electron chi connectivity index (χ1n) is 5.51. The van der Waals surface area contributed by atoms with Gasteiger partial charge in [0.05, 0.1) is 17.7 Å². The maximum Gasteiger partial charge on any atom is 0.261 e. The number of fused-ring (bicyclic) bond motifs is 1. The molecule has 0 saturated carbocycles. The lowest BCUT2D eigenvalue weighted by atomic mass is 10.1. The molecule has 0 unspecified atom stereocenters. The van der Waals surface area contributed by atoms with Gasteiger partial charge in [-0.05, 0) is 17.7 Å². The Hall–Kier alpha value is -2.21. The molecule has 19 heavy (non-hydrogen) atoms. The van der Waals surface area contributed by atoms with Gasteiger partial charge in [-0.2, -0.15) is 4.98 Å². The molecule has 0 atom stereocenters. The Balaban J connectivity index is 1.95. The average molecular weight is 278 g/mol. The molecule has 1 aromatic carbocycles. The van der Waals surface area contributed by atoms with Crippen molar-refractivity contribution in [3.8, 4) is 0 Å². The second-order valence-electron chi connectivity index (χ2n) is 4.06. The van der Waals surface area contributed by atoms with Crippen molar-refractivity contribution < 1.29 is 14.1 Å². The summed E-state index contributed by atoms with van der Waals surface area (Å²) in [6.07, 6.45) is 1.15. The second-order valence-corrected chi connectivity index (χ2v) is 4.32. The maximum atomic E-state index is 12.2. The van der Waals surface area contributed by atoms with Crippen LogP contribution in [0.4, 0.5) is 0 Å². The highest BCUT2D eigenvalue weighted by molar-refractivity contribution is 6.21. The minimum atomic E-state index is -0.364. The van der Waals surface area contributed by atoms with E-state index in [0.29, 0.717) is 17.0 Å². The predicted octanol–water partition coefficient (Wildman–Crippen LogP) is 1.60. The fourth-order valence-electron chi connectivity index (χ4n) is 1.97. The number of halogens is 1. The maximum absolute atomic E-state index is 12.2. The number of benzene rings is 1. The zero-order valence-corrected chi connectivity index (χ0v) is 10.4. The van der Waals surface area contributed by atoms with Crippen molar-refractivity contribution in [2.24, 2.45) is 0 Å². The molecular formula is C12H8ClN3O3. The van der Waals surface area contributed by atoms with Crippen molar-refractivity contribution in [1.29, 1.82) is 0 Å².